The van der Waals surface area contributed by atoms with E-state index in [2.05, 4.69) is 4.98 Å². The summed E-state index contributed by atoms with van der Waals surface area (Å²) < 4.78 is 64.0. The van der Waals surface area contributed by atoms with Crippen LogP contribution < -0.4 is 0 Å². The van der Waals surface area contributed by atoms with E-state index < -0.39 is 26.8 Å². The first-order valence-electron chi connectivity index (χ1n) is 8.02. The lowest BCUT2D eigenvalue weighted by Crippen LogP contribution is -2.47. The highest BCUT2D eigenvalue weighted by atomic mass is 32.2. The maximum absolute atomic E-state index is 12.6. The van der Waals surface area contributed by atoms with Gasteiger partial charge in [0.1, 0.15) is 0 Å². The van der Waals surface area contributed by atoms with Crippen LogP contribution in [0.1, 0.15) is 31.2 Å². The second-order valence-corrected chi connectivity index (χ2v) is 8.09. The Morgan fingerprint density at radius 2 is 1.80 bits per heavy atom. The normalized spacial score (nSPS) is 21.1. The fourth-order valence-corrected chi connectivity index (χ4v) is 4.66. The fraction of sp³-hybridized carbons (Fsp3) is 0.600. The molecule has 1 aromatic heterocycles. The molecule has 0 N–H and O–H groups in total. The zero-order valence-corrected chi connectivity index (χ0v) is 14.2. The van der Waals surface area contributed by atoms with E-state index >= 15 is 0 Å². The van der Waals surface area contributed by atoms with E-state index in [-0.39, 0.29) is 25.0 Å². The number of hydrogen-bond donors (Lipinski definition) is 0. The Hall–Kier alpha value is -1.68. The molecule has 6 nitrogen and oxygen atoms in total. The van der Waals surface area contributed by atoms with E-state index in [1.54, 1.807) is 4.90 Å². The summed E-state index contributed by atoms with van der Waals surface area (Å²) in [5, 5.41) is -0.392. The molecule has 0 aromatic carbocycles. The SMILES string of the molecule is O=C1CCCN1C1CCN(S(=O)(=O)c2ccc(C(F)(F)F)cn2)CC1. The van der Waals surface area contributed by atoms with E-state index in [9.17, 15) is 26.4 Å². The van der Waals surface area contributed by atoms with Crippen molar-refractivity contribution in [1.29, 1.82) is 0 Å². The van der Waals surface area contributed by atoms with Crippen molar-refractivity contribution >= 4 is 15.9 Å². The van der Waals surface area contributed by atoms with Crippen LogP contribution in [0.2, 0.25) is 0 Å². The number of amides is 1. The molecular formula is C15H18F3N3O3S. The number of sulfonamides is 1. The number of hydrogen-bond acceptors (Lipinski definition) is 4. The zero-order chi connectivity index (χ0) is 18.2. The maximum atomic E-state index is 12.6. The van der Waals surface area contributed by atoms with Crippen LogP contribution in [0.4, 0.5) is 13.2 Å². The van der Waals surface area contributed by atoms with Crippen molar-refractivity contribution in [3.05, 3.63) is 23.9 Å². The van der Waals surface area contributed by atoms with Crippen molar-refractivity contribution in [2.75, 3.05) is 19.6 Å². The van der Waals surface area contributed by atoms with Gasteiger partial charge in [0.25, 0.3) is 10.0 Å². The van der Waals surface area contributed by atoms with Crippen molar-refractivity contribution in [3.63, 3.8) is 0 Å². The number of nitrogens with zero attached hydrogens (tertiary/aromatic N) is 3. The van der Waals surface area contributed by atoms with Crippen molar-refractivity contribution in [2.24, 2.45) is 0 Å². The van der Waals surface area contributed by atoms with Crippen LogP contribution in [-0.4, -0.2) is 54.2 Å². The third-order valence-electron chi connectivity index (χ3n) is 4.64. The maximum Gasteiger partial charge on any atom is 0.417 e. The highest BCUT2D eigenvalue weighted by Crippen LogP contribution is 2.30. The molecule has 25 heavy (non-hydrogen) atoms. The molecule has 1 amide bonds. The quantitative estimate of drug-likeness (QED) is 0.806. The van der Waals surface area contributed by atoms with Crippen LogP contribution in [0.25, 0.3) is 0 Å². The van der Waals surface area contributed by atoms with Crippen molar-refractivity contribution in [3.8, 4) is 0 Å². The molecule has 10 heteroatoms. The molecule has 2 aliphatic rings. The van der Waals surface area contributed by atoms with Gasteiger partial charge < -0.3 is 4.90 Å². The Labute approximate surface area is 143 Å². The minimum Gasteiger partial charge on any atom is -0.340 e. The molecular weight excluding hydrogens is 359 g/mol. The Bertz CT molecular complexity index is 742. The average Bonchev–Trinajstić information content (AvgIpc) is 3.00. The van der Waals surface area contributed by atoms with Gasteiger partial charge in [-0.25, -0.2) is 13.4 Å². The lowest BCUT2D eigenvalue weighted by atomic mass is 10.1. The first-order valence-corrected chi connectivity index (χ1v) is 9.46. The number of rotatable bonds is 3. The molecule has 2 fully saturated rings. The molecule has 1 aromatic rings. The monoisotopic (exact) mass is 377 g/mol. The lowest BCUT2D eigenvalue weighted by Gasteiger charge is -2.35. The van der Waals surface area contributed by atoms with Crippen LogP contribution in [0, 0.1) is 0 Å². The molecule has 0 bridgehead atoms. The predicted molar refractivity (Wildman–Crippen MR) is 82.0 cm³/mol. The van der Waals surface area contributed by atoms with Gasteiger partial charge in [-0.1, -0.05) is 0 Å². The number of alkyl halides is 3. The fourth-order valence-electron chi connectivity index (χ4n) is 3.28. The number of carbonyl (C=O) groups is 1. The summed E-state index contributed by atoms with van der Waals surface area (Å²) in [6, 6.07) is 1.63. The summed E-state index contributed by atoms with van der Waals surface area (Å²) in [5.41, 5.74) is -0.988. The smallest absolute Gasteiger partial charge is 0.340 e. The summed E-state index contributed by atoms with van der Waals surface area (Å²) in [4.78, 5) is 17.1. The van der Waals surface area contributed by atoms with E-state index in [4.69, 9.17) is 0 Å². The Kier molecular flexibility index (Phi) is 4.76. The van der Waals surface area contributed by atoms with Crippen molar-refractivity contribution < 1.29 is 26.4 Å². The van der Waals surface area contributed by atoms with Gasteiger partial charge in [-0.15, -0.1) is 0 Å². The van der Waals surface area contributed by atoms with Gasteiger partial charge in [0.2, 0.25) is 5.91 Å². The number of likely N-dealkylation sites (tertiary alicyclic amines) is 1. The second kappa shape index (κ2) is 6.56. The van der Waals surface area contributed by atoms with E-state index in [0.29, 0.717) is 32.0 Å². The average molecular weight is 377 g/mol. The van der Waals surface area contributed by atoms with Gasteiger partial charge in [0.05, 0.1) is 5.56 Å². The molecule has 3 rings (SSSR count). The number of halogens is 3. The van der Waals surface area contributed by atoms with Gasteiger partial charge in [-0.2, -0.15) is 17.5 Å². The van der Waals surface area contributed by atoms with Crippen molar-refractivity contribution in [1.82, 2.24) is 14.2 Å². The molecule has 2 saturated heterocycles. The highest BCUT2D eigenvalue weighted by molar-refractivity contribution is 7.89. The summed E-state index contributed by atoms with van der Waals surface area (Å²) >= 11 is 0. The van der Waals surface area contributed by atoms with Gasteiger partial charge in [0, 0.05) is 38.3 Å². The van der Waals surface area contributed by atoms with Gasteiger partial charge in [-0.3, -0.25) is 4.79 Å². The highest BCUT2D eigenvalue weighted by Gasteiger charge is 2.36. The number of piperidine rings is 1. The van der Waals surface area contributed by atoms with Gasteiger partial charge in [-0.05, 0) is 31.4 Å². The first kappa shape index (κ1) is 18.1. The number of aromatic nitrogens is 1. The van der Waals surface area contributed by atoms with Crippen molar-refractivity contribution in [2.45, 2.75) is 42.9 Å². The van der Waals surface area contributed by atoms with E-state index in [0.717, 1.165) is 18.6 Å². The summed E-state index contributed by atoms with van der Waals surface area (Å²) in [6.07, 6.45) is -1.63. The van der Waals surface area contributed by atoms with Crippen LogP contribution in [0.15, 0.2) is 23.4 Å². The molecule has 2 aliphatic heterocycles. The van der Waals surface area contributed by atoms with Crippen LogP contribution >= 0.6 is 0 Å². The van der Waals surface area contributed by atoms with Crippen LogP contribution in [-0.2, 0) is 21.0 Å². The molecule has 0 atom stereocenters. The first-order chi connectivity index (χ1) is 11.7. The van der Waals surface area contributed by atoms with Gasteiger partial charge >= 0.3 is 6.18 Å². The molecule has 138 valence electrons. The Balaban J connectivity index is 1.68. The van der Waals surface area contributed by atoms with Gasteiger partial charge in [0.15, 0.2) is 5.03 Å². The minimum absolute atomic E-state index is 0.0296. The Morgan fingerprint density at radius 3 is 2.28 bits per heavy atom. The third-order valence-corrected chi connectivity index (χ3v) is 6.46. The summed E-state index contributed by atoms with van der Waals surface area (Å²) in [7, 11) is -3.93. The minimum atomic E-state index is -4.56. The summed E-state index contributed by atoms with van der Waals surface area (Å²) in [5.74, 6) is 0.103. The second-order valence-electron chi connectivity index (χ2n) is 6.21. The predicted octanol–water partition coefficient (Wildman–Crippen LogP) is 1.88. The largest absolute Gasteiger partial charge is 0.417 e. The van der Waals surface area contributed by atoms with E-state index in [1.165, 1.54) is 4.31 Å². The number of carbonyl (C=O) groups excluding carboxylic acids is 1. The molecule has 3 heterocycles. The molecule has 0 aliphatic carbocycles. The number of pyridine rings is 1. The standard InChI is InChI=1S/C15H18F3N3O3S/c16-15(17,18)11-3-4-13(19-10-11)25(23,24)20-8-5-12(6-9-20)21-7-1-2-14(21)22/h3-4,10,12H,1-2,5-9H2. The molecule has 0 spiro atoms. The van der Waals surface area contributed by atoms with E-state index in [1.807, 2.05) is 0 Å². The van der Waals surface area contributed by atoms with Crippen LogP contribution in [0.5, 0.6) is 0 Å². The third kappa shape index (κ3) is 3.64. The van der Waals surface area contributed by atoms with Crippen LogP contribution in [0.3, 0.4) is 0 Å². The molecule has 0 radical (unpaired) electrons. The zero-order valence-electron chi connectivity index (χ0n) is 13.4. The lowest BCUT2D eigenvalue weighted by molar-refractivity contribution is -0.138. The molecule has 0 saturated carbocycles. The molecule has 0 unspecified atom stereocenters. The topological polar surface area (TPSA) is 70.6 Å². The Morgan fingerprint density at radius 1 is 1.12 bits per heavy atom. The summed E-state index contributed by atoms with van der Waals surface area (Å²) in [6.45, 7) is 1.15.